The summed E-state index contributed by atoms with van der Waals surface area (Å²) in [6.07, 6.45) is 0. The van der Waals surface area contributed by atoms with Crippen molar-refractivity contribution in [2.45, 2.75) is 6.92 Å². The first kappa shape index (κ1) is 9.27. The number of hydrogen-bond donors (Lipinski definition) is 1. The molecule has 4 heteroatoms. The third-order valence-electron chi connectivity index (χ3n) is 2.01. The van der Waals surface area contributed by atoms with E-state index in [1.54, 1.807) is 0 Å². The normalized spacial score (nSPS) is 16.1. The molecule has 3 nitrogen and oxygen atoms in total. The Kier molecular flexibility index (Phi) is 2.54. The molecule has 72 valence electrons. The van der Waals surface area contributed by atoms with Crippen LogP contribution in [0, 0.1) is 6.92 Å². The Balaban J connectivity index is 2.28. The summed E-state index contributed by atoms with van der Waals surface area (Å²) in [6.45, 7) is 2.07. The Morgan fingerprint density at radius 2 is 1.93 bits per heavy atom. The molecule has 0 aliphatic carbocycles. The Bertz CT molecular complexity index is 392. The summed E-state index contributed by atoms with van der Waals surface area (Å²) in [6, 6.07) is 8.27. The van der Waals surface area contributed by atoms with Crippen molar-refractivity contribution in [3.63, 3.8) is 0 Å². The van der Waals surface area contributed by atoms with Gasteiger partial charge in [-0.2, -0.15) is 5.10 Å². The Hall–Kier alpha value is -1.29. The molecule has 1 aliphatic heterocycles. The summed E-state index contributed by atoms with van der Waals surface area (Å²) in [7, 11) is 0. The van der Waals surface area contributed by atoms with Gasteiger partial charge in [-0.1, -0.05) is 41.6 Å². The molecule has 1 aromatic rings. The molecule has 0 saturated heterocycles. The first-order valence-electron chi connectivity index (χ1n) is 4.35. The molecule has 2 N–H and O–H groups in total. The fraction of sp³-hybridized carbons (Fsp3) is 0.200. The fourth-order valence-corrected chi connectivity index (χ4v) is 1.80. The molecule has 0 bridgehead atoms. The molecule has 0 amide bonds. The van der Waals surface area contributed by atoms with Gasteiger partial charge in [0.25, 0.3) is 0 Å². The molecule has 0 aromatic heterocycles. The van der Waals surface area contributed by atoms with Gasteiger partial charge in [-0.05, 0) is 12.5 Å². The second-order valence-corrected chi connectivity index (χ2v) is 4.14. The summed E-state index contributed by atoms with van der Waals surface area (Å²) in [4.78, 5) is 0. The number of benzene rings is 1. The number of thioether (sulfide) groups is 1. The van der Waals surface area contributed by atoms with Crippen LogP contribution in [-0.4, -0.2) is 16.6 Å². The topological polar surface area (TPSA) is 50.7 Å². The van der Waals surface area contributed by atoms with E-state index < -0.39 is 0 Å². The van der Waals surface area contributed by atoms with Crippen molar-refractivity contribution >= 4 is 22.6 Å². The average molecular weight is 205 g/mol. The van der Waals surface area contributed by atoms with E-state index in [9.17, 15) is 0 Å². The first-order chi connectivity index (χ1) is 6.75. The van der Waals surface area contributed by atoms with E-state index in [0.717, 1.165) is 17.0 Å². The van der Waals surface area contributed by atoms with E-state index in [4.69, 9.17) is 5.73 Å². The van der Waals surface area contributed by atoms with Crippen LogP contribution < -0.4 is 5.73 Å². The molecule has 0 spiro atoms. The van der Waals surface area contributed by atoms with Crippen LogP contribution in [0.2, 0.25) is 0 Å². The van der Waals surface area contributed by atoms with Gasteiger partial charge in [0.1, 0.15) is 0 Å². The number of nitrogens with zero attached hydrogens (tertiary/aromatic N) is 2. The molecule has 0 radical (unpaired) electrons. The monoisotopic (exact) mass is 205 g/mol. The zero-order valence-corrected chi connectivity index (χ0v) is 8.71. The molecule has 0 atom stereocenters. The maximum atomic E-state index is 5.51. The van der Waals surface area contributed by atoms with Crippen LogP contribution in [-0.2, 0) is 0 Å². The summed E-state index contributed by atoms with van der Waals surface area (Å²) in [5.74, 6) is 0.804. The van der Waals surface area contributed by atoms with Crippen LogP contribution in [0.5, 0.6) is 0 Å². The van der Waals surface area contributed by atoms with Crippen molar-refractivity contribution in [3.8, 4) is 0 Å². The summed E-state index contributed by atoms with van der Waals surface area (Å²) >= 11 is 1.52. The van der Waals surface area contributed by atoms with Crippen molar-refractivity contribution in [2.75, 3.05) is 5.75 Å². The van der Waals surface area contributed by atoms with Crippen LogP contribution in [0.4, 0.5) is 0 Å². The highest BCUT2D eigenvalue weighted by molar-refractivity contribution is 8.14. The van der Waals surface area contributed by atoms with Crippen molar-refractivity contribution in [1.82, 2.24) is 0 Å². The highest BCUT2D eigenvalue weighted by atomic mass is 32.2. The van der Waals surface area contributed by atoms with Gasteiger partial charge in [-0.15, -0.1) is 5.10 Å². The molecule has 14 heavy (non-hydrogen) atoms. The number of hydrogen-bond acceptors (Lipinski definition) is 4. The summed E-state index contributed by atoms with van der Waals surface area (Å²) < 4.78 is 0. The van der Waals surface area contributed by atoms with Gasteiger partial charge >= 0.3 is 0 Å². The van der Waals surface area contributed by atoms with Gasteiger partial charge in [0.2, 0.25) is 0 Å². The van der Waals surface area contributed by atoms with Crippen molar-refractivity contribution in [2.24, 2.45) is 15.9 Å². The highest BCUT2D eigenvalue weighted by Gasteiger charge is 2.09. The van der Waals surface area contributed by atoms with E-state index in [0.29, 0.717) is 5.17 Å². The largest absolute Gasteiger partial charge is 0.377 e. The maximum Gasteiger partial charge on any atom is 0.180 e. The first-order valence-corrected chi connectivity index (χ1v) is 5.34. The zero-order chi connectivity index (χ0) is 9.97. The number of nitrogens with two attached hydrogens (primary N) is 1. The SMILES string of the molecule is Cc1ccc(C2=NN=C(N)SC2)cc1. The third-order valence-corrected chi connectivity index (χ3v) is 2.81. The fourth-order valence-electron chi connectivity index (χ4n) is 1.20. The standard InChI is InChI=1S/C10H11N3S/c1-7-2-4-8(5-3-7)9-6-14-10(11)13-12-9/h2-5H,6H2,1H3,(H2,11,13). The summed E-state index contributed by atoms with van der Waals surface area (Å²) in [5, 5.41) is 8.47. The van der Waals surface area contributed by atoms with Crippen LogP contribution in [0.3, 0.4) is 0 Å². The molecule has 0 unspecified atom stereocenters. The van der Waals surface area contributed by atoms with E-state index >= 15 is 0 Å². The van der Waals surface area contributed by atoms with Gasteiger partial charge < -0.3 is 5.73 Å². The van der Waals surface area contributed by atoms with Crippen molar-refractivity contribution in [3.05, 3.63) is 35.4 Å². The molecule has 1 aromatic carbocycles. The molecular formula is C10H11N3S. The number of aryl methyl sites for hydroxylation is 1. The lowest BCUT2D eigenvalue weighted by molar-refractivity contribution is 1.22. The summed E-state index contributed by atoms with van der Waals surface area (Å²) in [5.41, 5.74) is 8.87. The van der Waals surface area contributed by atoms with Crippen LogP contribution >= 0.6 is 11.8 Å². The average Bonchev–Trinajstić information content (AvgIpc) is 2.21. The third kappa shape index (κ3) is 1.96. The van der Waals surface area contributed by atoms with Gasteiger partial charge in [0.15, 0.2) is 5.17 Å². The lowest BCUT2D eigenvalue weighted by Crippen LogP contribution is -2.16. The minimum Gasteiger partial charge on any atom is -0.377 e. The smallest absolute Gasteiger partial charge is 0.180 e. The zero-order valence-electron chi connectivity index (χ0n) is 7.90. The van der Waals surface area contributed by atoms with Crippen LogP contribution in [0.25, 0.3) is 0 Å². The molecular weight excluding hydrogens is 194 g/mol. The number of amidine groups is 1. The van der Waals surface area contributed by atoms with E-state index in [2.05, 4.69) is 41.4 Å². The molecule has 1 aliphatic rings. The minimum atomic E-state index is 0.542. The molecule has 1 heterocycles. The van der Waals surface area contributed by atoms with Gasteiger partial charge in [0, 0.05) is 5.75 Å². The molecule has 2 rings (SSSR count). The maximum absolute atomic E-state index is 5.51. The lowest BCUT2D eigenvalue weighted by atomic mass is 10.1. The van der Waals surface area contributed by atoms with Crippen LogP contribution in [0.15, 0.2) is 34.5 Å². The molecule has 0 saturated carbocycles. The van der Waals surface area contributed by atoms with Gasteiger partial charge in [-0.3, -0.25) is 0 Å². The van der Waals surface area contributed by atoms with E-state index in [1.165, 1.54) is 17.3 Å². The van der Waals surface area contributed by atoms with Gasteiger partial charge in [-0.25, -0.2) is 0 Å². The van der Waals surface area contributed by atoms with E-state index in [1.807, 2.05) is 0 Å². The molecule has 0 fully saturated rings. The Morgan fingerprint density at radius 3 is 2.50 bits per heavy atom. The van der Waals surface area contributed by atoms with E-state index in [-0.39, 0.29) is 0 Å². The minimum absolute atomic E-state index is 0.542. The van der Waals surface area contributed by atoms with Crippen molar-refractivity contribution < 1.29 is 0 Å². The second-order valence-electron chi connectivity index (χ2n) is 3.14. The lowest BCUT2D eigenvalue weighted by Gasteiger charge is -2.08. The predicted molar refractivity (Wildman–Crippen MR) is 61.8 cm³/mol. The highest BCUT2D eigenvalue weighted by Crippen LogP contribution is 2.13. The quantitative estimate of drug-likeness (QED) is 0.759. The second kappa shape index (κ2) is 3.84. The Morgan fingerprint density at radius 1 is 1.21 bits per heavy atom. The predicted octanol–water partition coefficient (Wildman–Crippen LogP) is 1.76. The van der Waals surface area contributed by atoms with Gasteiger partial charge in [0.05, 0.1) is 5.71 Å². The van der Waals surface area contributed by atoms with Crippen LogP contribution in [0.1, 0.15) is 11.1 Å². The number of rotatable bonds is 1. The van der Waals surface area contributed by atoms with Crippen molar-refractivity contribution in [1.29, 1.82) is 0 Å². The Labute approximate surface area is 87.1 Å².